The molecule has 0 unspecified atom stereocenters. The van der Waals surface area contributed by atoms with E-state index in [1.54, 1.807) is 30.3 Å². The fourth-order valence-corrected chi connectivity index (χ4v) is 4.09. The average molecular weight is 503 g/mol. The van der Waals surface area contributed by atoms with Crippen molar-refractivity contribution in [3.05, 3.63) is 64.2 Å². The zero-order valence-electron chi connectivity index (χ0n) is 19.3. The van der Waals surface area contributed by atoms with Crippen LogP contribution >= 0.6 is 11.6 Å². The van der Waals surface area contributed by atoms with Crippen molar-refractivity contribution >= 4 is 35.3 Å². The minimum Gasteiger partial charge on any atom is -0.496 e. The number of nitrogens with zero attached hydrogens (tertiary/aromatic N) is 2. The van der Waals surface area contributed by atoms with Crippen LogP contribution in [0.3, 0.4) is 0 Å². The van der Waals surface area contributed by atoms with Crippen molar-refractivity contribution in [2.24, 2.45) is 10.9 Å². The van der Waals surface area contributed by atoms with Gasteiger partial charge in [-0.25, -0.2) is 9.59 Å². The van der Waals surface area contributed by atoms with E-state index < -0.39 is 29.9 Å². The van der Waals surface area contributed by atoms with Crippen molar-refractivity contribution in [2.75, 3.05) is 20.2 Å². The lowest BCUT2D eigenvalue weighted by Crippen LogP contribution is -2.50. The fourth-order valence-electron chi connectivity index (χ4n) is 3.90. The molecule has 3 amide bonds. The number of carbonyl (C=O) groups excluding carboxylic acids is 2. The number of aromatic carboxylic acids is 1. The second-order valence-electron chi connectivity index (χ2n) is 8.02. The Kier molecular flexibility index (Phi) is 8.67. The van der Waals surface area contributed by atoms with Gasteiger partial charge >= 0.3 is 12.0 Å². The summed E-state index contributed by atoms with van der Waals surface area (Å²) in [4.78, 5) is 43.2. The molecule has 10 nitrogen and oxygen atoms in total. The number of urea groups is 1. The molecule has 11 heteroatoms. The van der Waals surface area contributed by atoms with Crippen LogP contribution in [0, 0.1) is 5.92 Å². The molecule has 0 saturated heterocycles. The predicted octanol–water partition coefficient (Wildman–Crippen LogP) is 3.29. The van der Waals surface area contributed by atoms with E-state index in [1.165, 1.54) is 19.2 Å². The van der Waals surface area contributed by atoms with Crippen LogP contribution in [-0.4, -0.2) is 59.2 Å². The van der Waals surface area contributed by atoms with E-state index in [0.29, 0.717) is 28.3 Å². The predicted molar refractivity (Wildman–Crippen MR) is 129 cm³/mol. The number of ether oxygens (including phenoxy) is 1. The molecule has 3 rings (SSSR count). The lowest BCUT2D eigenvalue weighted by Gasteiger charge is -2.26. The fraction of sp³-hybridized carbons (Fsp3) is 0.333. The van der Waals surface area contributed by atoms with Gasteiger partial charge in [-0.1, -0.05) is 30.7 Å². The van der Waals surface area contributed by atoms with Crippen molar-refractivity contribution < 1.29 is 29.4 Å². The van der Waals surface area contributed by atoms with Gasteiger partial charge in [0.1, 0.15) is 11.6 Å². The number of nitrogens with one attached hydrogen (secondary N) is 2. The molecule has 0 fully saturated rings. The summed E-state index contributed by atoms with van der Waals surface area (Å²) in [5.41, 5.74) is 3.32. The second-order valence-corrected chi connectivity index (χ2v) is 8.46. The molecular weight excluding hydrogens is 476 g/mol. The van der Waals surface area contributed by atoms with Crippen LogP contribution in [0.2, 0.25) is 5.02 Å². The Bertz CT molecular complexity index is 1140. The summed E-state index contributed by atoms with van der Waals surface area (Å²) in [5.74, 6) is -1.65. The topological polar surface area (TPSA) is 141 Å². The van der Waals surface area contributed by atoms with E-state index in [9.17, 15) is 24.7 Å². The van der Waals surface area contributed by atoms with Crippen molar-refractivity contribution in [2.45, 2.75) is 25.8 Å². The number of aliphatic imine (C=N–C) groups is 1. The molecule has 1 aliphatic heterocycles. The Morgan fingerprint density at radius 2 is 2.06 bits per heavy atom. The number of carboxylic acid groups (broad SMARTS) is 1. The zero-order chi connectivity index (χ0) is 25.5. The number of carboxylic acids is 1. The molecular formula is C24H27ClN4O6. The minimum absolute atomic E-state index is 0.0407. The highest BCUT2D eigenvalue weighted by Crippen LogP contribution is 2.27. The number of hydrogen-bond acceptors (Lipinski definition) is 7. The highest BCUT2D eigenvalue weighted by Gasteiger charge is 2.34. The summed E-state index contributed by atoms with van der Waals surface area (Å²) in [5, 5.41) is 22.0. The highest BCUT2D eigenvalue weighted by molar-refractivity contribution is 6.30. The quantitative estimate of drug-likeness (QED) is 0.426. The lowest BCUT2D eigenvalue weighted by molar-refractivity contribution is -0.131. The second kappa shape index (κ2) is 11.7. The smallest absolute Gasteiger partial charge is 0.335 e. The van der Waals surface area contributed by atoms with E-state index in [-0.39, 0.29) is 30.9 Å². The van der Waals surface area contributed by atoms with Crippen molar-refractivity contribution in [1.29, 1.82) is 0 Å². The van der Waals surface area contributed by atoms with Crippen LogP contribution < -0.4 is 15.5 Å². The first-order chi connectivity index (χ1) is 16.8. The number of rotatable bonds is 7. The number of imide groups is 1. The standard InChI is InChI=1S/C24H27ClN4O6/c1-3-19(14-5-4-6-15(9-14)23(31)32)27-24(33)29-13-21(28-34)26-12-17(22(29)30)10-16-11-18(25)7-8-20(16)35-2/h4-9,11,17,19,34H,3,10,12-13H2,1-2H3,(H,26,28)(H,27,33)(H,31,32)/t17-,19-/m1/s1. The number of benzene rings is 2. The van der Waals surface area contributed by atoms with Gasteiger partial charge in [0.05, 0.1) is 37.7 Å². The molecule has 186 valence electrons. The Morgan fingerprint density at radius 1 is 1.29 bits per heavy atom. The molecule has 2 atom stereocenters. The van der Waals surface area contributed by atoms with Gasteiger partial charge < -0.3 is 15.2 Å². The summed E-state index contributed by atoms with van der Waals surface area (Å²) in [6, 6.07) is 10.1. The molecule has 0 saturated carbocycles. The van der Waals surface area contributed by atoms with Gasteiger partial charge in [0, 0.05) is 5.02 Å². The van der Waals surface area contributed by atoms with Gasteiger partial charge in [-0.15, -0.1) is 0 Å². The van der Waals surface area contributed by atoms with E-state index in [0.717, 1.165) is 4.90 Å². The Morgan fingerprint density at radius 3 is 2.71 bits per heavy atom. The summed E-state index contributed by atoms with van der Waals surface area (Å²) in [6.07, 6.45) is 0.672. The molecule has 0 radical (unpaired) electrons. The molecule has 35 heavy (non-hydrogen) atoms. The number of carbonyl (C=O) groups is 3. The number of amidine groups is 1. The van der Waals surface area contributed by atoms with Crippen molar-refractivity contribution in [3.63, 3.8) is 0 Å². The highest BCUT2D eigenvalue weighted by atomic mass is 35.5. The third kappa shape index (κ3) is 6.28. The molecule has 4 N–H and O–H groups in total. The van der Waals surface area contributed by atoms with Crippen LogP contribution in [0.1, 0.15) is 40.9 Å². The Hall–Kier alpha value is -3.63. The molecule has 0 spiro atoms. The maximum atomic E-state index is 13.4. The van der Waals surface area contributed by atoms with Gasteiger partial charge in [-0.2, -0.15) is 0 Å². The third-order valence-corrected chi connectivity index (χ3v) is 5.99. The monoisotopic (exact) mass is 502 g/mol. The van der Waals surface area contributed by atoms with E-state index in [4.69, 9.17) is 16.3 Å². The average Bonchev–Trinajstić information content (AvgIpc) is 3.01. The molecule has 0 aromatic heterocycles. The first-order valence-electron chi connectivity index (χ1n) is 11.0. The normalized spacial score (nSPS) is 16.7. The Labute approximate surface area is 207 Å². The maximum absolute atomic E-state index is 13.4. The molecule has 1 heterocycles. The van der Waals surface area contributed by atoms with E-state index >= 15 is 0 Å². The van der Waals surface area contributed by atoms with Crippen molar-refractivity contribution in [3.8, 4) is 5.75 Å². The summed E-state index contributed by atoms with van der Waals surface area (Å²) in [6.45, 7) is 1.62. The molecule has 1 aliphatic rings. The SMILES string of the molecule is CC[C@@H](NC(=O)N1CC(NO)=NC[C@@H](Cc2cc(Cl)ccc2OC)C1=O)c1cccc(C(=O)O)c1. The Balaban J connectivity index is 1.85. The number of methoxy groups -OCH3 is 1. The first-order valence-corrected chi connectivity index (χ1v) is 11.4. The van der Waals surface area contributed by atoms with Gasteiger partial charge in [-0.05, 0) is 54.3 Å². The number of hydrogen-bond donors (Lipinski definition) is 4. The van der Waals surface area contributed by atoms with E-state index in [1.807, 2.05) is 12.4 Å². The van der Waals surface area contributed by atoms with Gasteiger partial charge in [0.25, 0.3) is 0 Å². The van der Waals surface area contributed by atoms with Gasteiger partial charge in [0.2, 0.25) is 5.91 Å². The largest absolute Gasteiger partial charge is 0.496 e. The van der Waals surface area contributed by atoms with Crippen LogP contribution in [0.25, 0.3) is 0 Å². The molecule has 2 aromatic carbocycles. The minimum atomic E-state index is -1.08. The van der Waals surface area contributed by atoms with Crippen molar-refractivity contribution in [1.82, 2.24) is 15.7 Å². The van der Waals surface area contributed by atoms with Crippen LogP contribution in [0.4, 0.5) is 4.79 Å². The first kappa shape index (κ1) is 26.0. The maximum Gasteiger partial charge on any atom is 0.335 e. The van der Waals surface area contributed by atoms with Crippen LogP contribution in [0.5, 0.6) is 5.75 Å². The van der Waals surface area contributed by atoms with Gasteiger partial charge in [-0.3, -0.25) is 25.4 Å². The third-order valence-electron chi connectivity index (χ3n) is 5.75. The number of amides is 3. The lowest BCUT2D eigenvalue weighted by atomic mass is 9.97. The van der Waals surface area contributed by atoms with Crippen LogP contribution in [0.15, 0.2) is 47.5 Å². The molecule has 2 aromatic rings. The molecule has 0 aliphatic carbocycles. The zero-order valence-corrected chi connectivity index (χ0v) is 20.1. The van der Waals surface area contributed by atoms with Crippen LogP contribution in [-0.2, 0) is 11.2 Å². The summed E-state index contributed by atoms with van der Waals surface area (Å²) >= 11 is 6.12. The van der Waals surface area contributed by atoms with Gasteiger partial charge in [0.15, 0.2) is 0 Å². The molecule has 0 bridgehead atoms. The number of halogens is 1. The summed E-state index contributed by atoms with van der Waals surface area (Å²) < 4.78 is 5.37. The summed E-state index contributed by atoms with van der Waals surface area (Å²) in [7, 11) is 1.51. The number of hydroxylamine groups is 1. The van der Waals surface area contributed by atoms with E-state index in [2.05, 4.69) is 10.3 Å².